The van der Waals surface area contributed by atoms with E-state index in [4.69, 9.17) is 4.89 Å². The van der Waals surface area contributed by atoms with Crippen LogP contribution in [0.4, 0.5) is 0 Å². The molecule has 0 saturated carbocycles. The Balaban J connectivity index is 2.53. The summed E-state index contributed by atoms with van der Waals surface area (Å²) in [6.07, 6.45) is 0. The minimum absolute atomic E-state index is 0.193. The molecule has 0 heterocycles. The van der Waals surface area contributed by atoms with Crippen LogP contribution in [0.2, 0.25) is 0 Å². The van der Waals surface area contributed by atoms with Gasteiger partial charge in [0.25, 0.3) is 0 Å². The van der Waals surface area contributed by atoms with Crippen LogP contribution in [0.25, 0.3) is 0 Å². The van der Waals surface area contributed by atoms with Crippen LogP contribution < -0.4 is 4.35 Å². The van der Waals surface area contributed by atoms with Gasteiger partial charge in [0, 0.05) is 0 Å². The van der Waals surface area contributed by atoms with E-state index in [2.05, 4.69) is 4.52 Å². The SMILES string of the molecule is O=[P+](O)OCc1ccc([AsH2])cc1. The first-order valence-corrected chi connectivity index (χ1v) is 5.66. The third-order valence-electron chi connectivity index (χ3n) is 1.32. The molecular formula is C7H9AsO3P+. The number of hydrogen-bond donors (Lipinski definition) is 1. The van der Waals surface area contributed by atoms with Crippen molar-refractivity contribution in [1.29, 1.82) is 0 Å². The molecule has 0 bridgehead atoms. The van der Waals surface area contributed by atoms with Gasteiger partial charge >= 0.3 is 79.9 Å². The van der Waals surface area contributed by atoms with Crippen molar-refractivity contribution in [3.8, 4) is 0 Å². The van der Waals surface area contributed by atoms with Gasteiger partial charge in [0.05, 0.1) is 0 Å². The summed E-state index contributed by atoms with van der Waals surface area (Å²) >= 11 is 1.55. The Kier molecular flexibility index (Phi) is 3.90. The molecule has 0 fully saturated rings. The summed E-state index contributed by atoms with van der Waals surface area (Å²) in [4.78, 5) is 8.36. The topological polar surface area (TPSA) is 46.5 Å². The molecule has 1 aromatic rings. The number of rotatable bonds is 3. The van der Waals surface area contributed by atoms with Gasteiger partial charge in [-0.2, -0.15) is 0 Å². The Morgan fingerprint density at radius 2 is 2.00 bits per heavy atom. The standard InChI is InChI=1S/C7H8AsO3P/c8-7-3-1-6(2-4-7)5-11-12(9)10/h1-4H,5,8H2/p+1. The Morgan fingerprint density at radius 3 is 2.50 bits per heavy atom. The van der Waals surface area contributed by atoms with Crippen molar-refractivity contribution >= 4 is 29.5 Å². The van der Waals surface area contributed by atoms with Crippen LogP contribution in [0, 0.1) is 0 Å². The van der Waals surface area contributed by atoms with E-state index in [0.717, 1.165) is 5.56 Å². The van der Waals surface area contributed by atoms with Crippen LogP contribution >= 0.6 is 8.25 Å². The van der Waals surface area contributed by atoms with Crippen LogP contribution in [-0.4, -0.2) is 21.7 Å². The first kappa shape index (κ1) is 9.88. The molecule has 0 saturated heterocycles. The van der Waals surface area contributed by atoms with E-state index in [1.54, 1.807) is 16.9 Å². The van der Waals surface area contributed by atoms with Gasteiger partial charge in [0.2, 0.25) is 0 Å². The predicted octanol–water partition coefficient (Wildman–Crippen LogP) is 0.111. The van der Waals surface area contributed by atoms with Gasteiger partial charge in [-0.15, -0.1) is 0 Å². The first-order chi connectivity index (χ1) is 5.68. The summed E-state index contributed by atoms with van der Waals surface area (Å²) in [5.74, 6) is 0. The third kappa shape index (κ3) is 3.46. The van der Waals surface area contributed by atoms with E-state index < -0.39 is 8.25 Å². The molecule has 2 atom stereocenters. The summed E-state index contributed by atoms with van der Waals surface area (Å²) in [5, 5.41) is 0. The van der Waals surface area contributed by atoms with Gasteiger partial charge in [-0.25, -0.2) is 0 Å². The molecule has 0 amide bonds. The van der Waals surface area contributed by atoms with Gasteiger partial charge in [-0.3, -0.25) is 0 Å². The molecule has 0 aliphatic heterocycles. The first-order valence-electron chi connectivity index (χ1n) is 3.32. The maximum atomic E-state index is 10.2. The predicted molar refractivity (Wildman–Crippen MR) is 49.2 cm³/mol. The van der Waals surface area contributed by atoms with Gasteiger partial charge in [-0.1, -0.05) is 0 Å². The Bertz CT molecular complexity index is 272. The second-order valence-electron chi connectivity index (χ2n) is 2.25. The average molecular weight is 247 g/mol. The van der Waals surface area contributed by atoms with Crippen molar-refractivity contribution in [2.75, 3.05) is 0 Å². The zero-order chi connectivity index (χ0) is 8.97. The monoisotopic (exact) mass is 247 g/mol. The Hall–Kier alpha value is -0.202. The van der Waals surface area contributed by atoms with Gasteiger partial charge < -0.3 is 0 Å². The van der Waals surface area contributed by atoms with Crippen LogP contribution in [0.5, 0.6) is 0 Å². The van der Waals surface area contributed by atoms with E-state index in [0.29, 0.717) is 0 Å². The Morgan fingerprint density at radius 1 is 1.42 bits per heavy atom. The summed E-state index contributed by atoms with van der Waals surface area (Å²) in [6, 6.07) is 7.69. The van der Waals surface area contributed by atoms with Crippen molar-refractivity contribution in [2.45, 2.75) is 6.61 Å². The fourth-order valence-corrected chi connectivity index (χ4v) is 1.41. The maximum absolute atomic E-state index is 10.2. The van der Waals surface area contributed by atoms with Crippen molar-refractivity contribution < 1.29 is 14.0 Å². The summed E-state index contributed by atoms with van der Waals surface area (Å²) in [6.45, 7) is 0.193. The summed E-state index contributed by atoms with van der Waals surface area (Å²) in [5.41, 5.74) is 0.911. The normalized spacial score (nSPS) is 11.3. The summed E-state index contributed by atoms with van der Waals surface area (Å²) < 4.78 is 15.9. The molecule has 0 aliphatic rings. The van der Waals surface area contributed by atoms with Crippen molar-refractivity contribution in [3.63, 3.8) is 0 Å². The molecule has 0 radical (unpaired) electrons. The van der Waals surface area contributed by atoms with Gasteiger partial charge in [-0.05, 0) is 0 Å². The molecule has 5 heteroatoms. The van der Waals surface area contributed by atoms with Crippen LogP contribution in [0.15, 0.2) is 24.3 Å². The van der Waals surface area contributed by atoms with Gasteiger partial charge in [0.15, 0.2) is 0 Å². The molecule has 0 aliphatic carbocycles. The third-order valence-corrected chi connectivity index (χ3v) is 2.48. The number of hydrogen-bond acceptors (Lipinski definition) is 2. The van der Waals surface area contributed by atoms with E-state index >= 15 is 0 Å². The fraction of sp³-hybridized carbons (Fsp3) is 0.143. The van der Waals surface area contributed by atoms with Crippen molar-refractivity contribution in [2.24, 2.45) is 0 Å². The second kappa shape index (κ2) is 4.73. The molecule has 1 rings (SSSR count). The molecule has 64 valence electrons. The molecule has 0 aromatic heterocycles. The van der Waals surface area contributed by atoms with Gasteiger partial charge in [0.1, 0.15) is 0 Å². The van der Waals surface area contributed by atoms with E-state index in [9.17, 15) is 4.57 Å². The molecular weight excluding hydrogens is 238 g/mol. The van der Waals surface area contributed by atoms with E-state index in [1.807, 2.05) is 24.3 Å². The summed E-state index contributed by atoms with van der Waals surface area (Å²) in [7, 11) is -2.48. The average Bonchev–Trinajstić information content (AvgIpc) is 2.03. The molecule has 3 nitrogen and oxygen atoms in total. The van der Waals surface area contributed by atoms with E-state index in [-0.39, 0.29) is 6.61 Å². The van der Waals surface area contributed by atoms with Crippen LogP contribution in [0.1, 0.15) is 5.56 Å². The van der Waals surface area contributed by atoms with Crippen molar-refractivity contribution in [1.82, 2.24) is 0 Å². The number of benzene rings is 1. The molecule has 2 unspecified atom stereocenters. The van der Waals surface area contributed by atoms with Crippen molar-refractivity contribution in [3.05, 3.63) is 29.8 Å². The zero-order valence-corrected chi connectivity index (χ0v) is 9.62. The van der Waals surface area contributed by atoms with Crippen LogP contribution in [-0.2, 0) is 15.7 Å². The molecule has 0 spiro atoms. The quantitative estimate of drug-likeness (QED) is 0.609. The van der Waals surface area contributed by atoms with E-state index in [1.165, 1.54) is 4.35 Å². The minimum atomic E-state index is -2.48. The molecule has 1 N–H and O–H groups in total. The fourth-order valence-electron chi connectivity index (χ4n) is 0.744. The molecule has 1 aromatic carbocycles. The second-order valence-corrected chi connectivity index (χ2v) is 4.39. The molecule has 12 heavy (non-hydrogen) atoms. The Labute approximate surface area is 80.2 Å². The van der Waals surface area contributed by atoms with Crippen LogP contribution in [0.3, 0.4) is 0 Å². The zero-order valence-electron chi connectivity index (χ0n) is 6.30.